The first-order valence-corrected chi connectivity index (χ1v) is 5.13. The molecule has 0 aliphatic carbocycles. The molecule has 1 atom stereocenters. The topological polar surface area (TPSA) is 95.4 Å². The zero-order chi connectivity index (χ0) is 11.8. The number of nitrogens with zero attached hydrogens (tertiary/aromatic N) is 2. The van der Waals surface area contributed by atoms with Crippen molar-refractivity contribution in [2.24, 2.45) is 5.73 Å². The zero-order valence-corrected chi connectivity index (χ0v) is 9.60. The lowest BCUT2D eigenvalue weighted by atomic mass is 10.4. The van der Waals surface area contributed by atoms with Gasteiger partial charge in [0.2, 0.25) is 5.89 Å². The Morgan fingerprint density at radius 1 is 1.38 bits per heavy atom. The molecule has 0 bridgehead atoms. The summed E-state index contributed by atoms with van der Waals surface area (Å²) in [7, 11) is 1.63. The second kappa shape index (κ2) is 7.15. The summed E-state index contributed by atoms with van der Waals surface area (Å²) in [5.74, 6) is 0.419. The average Bonchev–Trinajstić information content (AvgIpc) is 2.72. The van der Waals surface area contributed by atoms with Gasteiger partial charge in [-0.3, -0.25) is 0 Å². The Morgan fingerprint density at radius 2 is 2.19 bits per heavy atom. The number of rotatable bonds is 8. The third-order valence-electron chi connectivity index (χ3n) is 1.78. The van der Waals surface area contributed by atoms with E-state index in [1.54, 1.807) is 14.0 Å². The maximum absolute atomic E-state index is 5.57. The van der Waals surface area contributed by atoms with Gasteiger partial charge in [0.15, 0.2) is 0 Å². The van der Waals surface area contributed by atoms with Crippen molar-refractivity contribution in [3.8, 4) is 0 Å². The normalized spacial score (nSPS) is 12.7. The standard InChI is InChI=1S/C9H18N4O3/c1-7(10)8-12-13-9(16-8)11-3-4-15-6-5-14-2/h7H,3-6,10H2,1-2H3,(H,11,13). The van der Waals surface area contributed by atoms with E-state index in [1.807, 2.05) is 0 Å². The minimum Gasteiger partial charge on any atom is -0.406 e. The van der Waals surface area contributed by atoms with Crippen molar-refractivity contribution in [2.75, 3.05) is 38.8 Å². The van der Waals surface area contributed by atoms with E-state index in [4.69, 9.17) is 19.6 Å². The van der Waals surface area contributed by atoms with Crippen LogP contribution in [0, 0.1) is 0 Å². The van der Waals surface area contributed by atoms with E-state index < -0.39 is 0 Å². The zero-order valence-electron chi connectivity index (χ0n) is 9.60. The first-order chi connectivity index (χ1) is 7.74. The van der Waals surface area contributed by atoms with Crippen molar-refractivity contribution in [2.45, 2.75) is 13.0 Å². The van der Waals surface area contributed by atoms with Gasteiger partial charge in [0.05, 0.1) is 25.9 Å². The molecule has 1 heterocycles. The molecular weight excluding hydrogens is 212 g/mol. The van der Waals surface area contributed by atoms with Gasteiger partial charge >= 0.3 is 6.01 Å². The second-order valence-corrected chi connectivity index (χ2v) is 3.27. The van der Waals surface area contributed by atoms with E-state index in [9.17, 15) is 0 Å². The summed E-state index contributed by atoms with van der Waals surface area (Å²) in [6.45, 7) is 4.11. The van der Waals surface area contributed by atoms with Crippen molar-refractivity contribution in [1.29, 1.82) is 0 Å². The van der Waals surface area contributed by atoms with Gasteiger partial charge in [-0.2, -0.15) is 0 Å². The molecular formula is C9H18N4O3. The lowest BCUT2D eigenvalue weighted by Crippen LogP contribution is -2.12. The molecule has 1 unspecified atom stereocenters. The predicted molar refractivity (Wildman–Crippen MR) is 58.1 cm³/mol. The van der Waals surface area contributed by atoms with Gasteiger partial charge < -0.3 is 24.9 Å². The Labute approximate surface area is 94.3 Å². The van der Waals surface area contributed by atoms with Gasteiger partial charge in [-0.05, 0) is 6.92 Å². The molecule has 0 fully saturated rings. The van der Waals surface area contributed by atoms with E-state index in [0.717, 1.165) is 0 Å². The molecule has 0 aliphatic heterocycles. The van der Waals surface area contributed by atoms with Crippen LogP contribution in [0.3, 0.4) is 0 Å². The van der Waals surface area contributed by atoms with Gasteiger partial charge in [0.25, 0.3) is 0 Å². The van der Waals surface area contributed by atoms with E-state index >= 15 is 0 Å². The minimum atomic E-state index is -0.249. The molecule has 0 aliphatic rings. The fourth-order valence-corrected chi connectivity index (χ4v) is 0.964. The quantitative estimate of drug-likeness (QED) is 0.614. The van der Waals surface area contributed by atoms with Crippen molar-refractivity contribution < 1.29 is 13.9 Å². The number of ether oxygens (including phenoxy) is 2. The number of hydrogen-bond donors (Lipinski definition) is 2. The summed E-state index contributed by atoms with van der Waals surface area (Å²) in [6.07, 6.45) is 0. The fraction of sp³-hybridized carbons (Fsp3) is 0.778. The third kappa shape index (κ3) is 4.56. The Balaban J connectivity index is 2.12. The van der Waals surface area contributed by atoms with Crippen molar-refractivity contribution >= 4 is 6.01 Å². The number of nitrogens with two attached hydrogens (primary N) is 1. The Bertz CT molecular complexity index is 290. The fourth-order valence-electron chi connectivity index (χ4n) is 0.964. The first kappa shape index (κ1) is 12.9. The van der Waals surface area contributed by atoms with Gasteiger partial charge in [-0.15, -0.1) is 5.10 Å². The smallest absolute Gasteiger partial charge is 0.315 e. The van der Waals surface area contributed by atoms with E-state index in [0.29, 0.717) is 38.3 Å². The molecule has 0 amide bonds. The lowest BCUT2D eigenvalue weighted by molar-refractivity contribution is 0.0757. The second-order valence-electron chi connectivity index (χ2n) is 3.27. The molecule has 0 saturated carbocycles. The summed E-state index contributed by atoms with van der Waals surface area (Å²) in [5.41, 5.74) is 5.57. The highest BCUT2D eigenvalue weighted by Crippen LogP contribution is 2.10. The van der Waals surface area contributed by atoms with Crippen LogP contribution in [0.25, 0.3) is 0 Å². The van der Waals surface area contributed by atoms with Crippen LogP contribution in [0.15, 0.2) is 4.42 Å². The summed E-state index contributed by atoms with van der Waals surface area (Å²) in [4.78, 5) is 0. The molecule has 0 saturated heterocycles. The Morgan fingerprint density at radius 3 is 2.81 bits per heavy atom. The molecule has 92 valence electrons. The number of aromatic nitrogens is 2. The maximum Gasteiger partial charge on any atom is 0.315 e. The first-order valence-electron chi connectivity index (χ1n) is 5.13. The third-order valence-corrected chi connectivity index (χ3v) is 1.78. The minimum absolute atomic E-state index is 0.249. The number of nitrogens with one attached hydrogen (secondary N) is 1. The molecule has 1 aromatic rings. The van der Waals surface area contributed by atoms with Crippen LogP contribution in [-0.2, 0) is 9.47 Å². The molecule has 0 aromatic carbocycles. The number of anilines is 1. The number of methoxy groups -OCH3 is 1. The highest BCUT2D eigenvalue weighted by Gasteiger charge is 2.08. The number of hydrogen-bond acceptors (Lipinski definition) is 7. The van der Waals surface area contributed by atoms with E-state index in [2.05, 4.69) is 15.5 Å². The van der Waals surface area contributed by atoms with Gasteiger partial charge in [-0.1, -0.05) is 5.10 Å². The molecule has 7 nitrogen and oxygen atoms in total. The van der Waals surface area contributed by atoms with Crippen molar-refractivity contribution in [1.82, 2.24) is 10.2 Å². The average molecular weight is 230 g/mol. The van der Waals surface area contributed by atoms with Crippen LogP contribution in [0.5, 0.6) is 0 Å². The molecule has 0 radical (unpaired) electrons. The van der Waals surface area contributed by atoms with Gasteiger partial charge in [0.1, 0.15) is 0 Å². The van der Waals surface area contributed by atoms with Gasteiger partial charge in [0, 0.05) is 13.7 Å². The van der Waals surface area contributed by atoms with Crippen LogP contribution in [-0.4, -0.2) is 43.7 Å². The maximum atomic E-state index is 5.57. The van der Waals surface area contributed by atoms with Crippen molar-refractivity contribution in [3.05, 3.63) is 5.89 Å². The largest absolute Gasteiger partial charge is 0.406 e. The van der Waals surface area contributed by atoms with Gasteiger partial charge in [-0.25, -0.2) is 0 Å². The summed E-state index contributed by atoms with van der Waals surface area (Å²) in [5, 5.41) is 10.5. The summed E-state index contributed by atoms with van der Waals surface area (Å²) < 4.78 is 15.3. The Kier molecular flexibility index (Phi) is 5.76. The molecule has 3 N–H and O–H groups in total. The molecule has 0 spiro atoms. The van der Waals surface area contributed by atoms with E-state index in [1.165, 1.54) is 0 Å². The summed E-state index contributed by atoms with van der Waals surface area (Å²) in [6, 6.07) is 0.114. The molecule has 1 rings (SSSR count). The van der Waals surface area contributed by atoms with Crippen LogP contribution < -0.4 is 11.1 Å². The molecule has 1 aromatic heterocycles. The summed E-state index contributed by atoms with van der Waals surface area (Å²) >= 11 is 0. The van der Waals surface area contributed by atoms with E-state index in [-0.39, 0.29) is 6.04 Å². The lowest BCUT2D eigenvalue weighted by Gasteiger charge is -2.03. The SMILES string of the molecule is COCCOCCNc1nnc(C(C)N)o1. The van der Waals surface area contributed by atoms with Crippen LogP contribution in [0.4, 0.5) is 6.01 Å². The Hall–Kier alpha value is -1.18. The van der Waals surface area contributed by atoms with Crippen LogP contribution >= 0.6 is 0 Å². The highest BCUT2D eigenvalue weighted by molar-refractivity contribution is 5.16. The predicted octanol–water partition coefficient (Wildman–Crippen LogP) is 0.164. The van der Waals surface area contributed by atoms with Crippen molar-refractivity contribution in [3.63, 3.8) is 0 Å². The molecule has 7 heteroatoms. The molecule has 16 heavy (non-hydrogen) atoms. The van der Waals surface area contributed by atoms with Crippen LogP contribution in [0.2, 0.25) is 0 Å². The monoisotopic (exact) mass is 230 g/mol. The highest BCUT2D eigenvalue weighted by atomic mass is 16.5. The van der Waals surface area contributed by atoms with Crippen LogP contribution in [0.1, 0.15) is 18.9 Å².